The Balaban J connectivity index is 1.37. The average molecular weight is 568 g/mol. The summed E-state index contributed by atoms with van der Waals surface area (Å²) in [5.41, 5.74) is 3.72. The Morgan fingerprint density at radius 1 is 1.02 bits per heavy atom. The van der Waals surface area contributed by atoms with Crippen LogP contribution in [0.1, 0.15) is 21.6 Å². The maximum absolute atomic E-state index is 14.0. The third-order valence-electron chi connectivity index (χ3n) is 7.53. The van der Waals surface area contributed by atoms with E-state index in [0.29, 0.717) is 66.9 Å². The predicted molar refractivity (Wildman–Crippen MR) is 153 cm³/mol. The van der Waals surface area contributed by atoms with Gasteiger partial charge >= 0.3 is 0 Å². The van der Waals surface area contributed by atoms with Crippen LogP contribution in [0.15, 0.2) is 36.4 Å². The van der Waals surface area contributed by atoms with E-state index < -0.39 is 0 Å². The molecule has 0 spiro atoms. The smallest absolute Gasteiger partial charge is 0.255 e. The fraction of sp³-hybridized carbons (Fsp3) is 0.414. The Bertz CT molecular complexity index is 1410. The number of para-hydroxylation sites is 1. The van der Waals surface area contributed by atoms with Crippen molar-refractivity contribution in [3.8, 4) is 11.5 Å². The largest absolute Gasteiger partial charge is 0.495 e. The first-order chi connectivity index (χ1) is 19.4. The summed E-state index contributed by atoms with van der Waals surface area (Å²) in [7, 11) is 3.03. The molecule has 10 nitrogen and oxygen atoms in total. The summed E-state index contributed by atoms with van der Waals surface area (Å²) in [5.74, 6) is 0.670. The van der Waals surface area contributed by atoms with Gasteiger partial charge in [-0.3, -0.25) is 24.4 Å². The number of fused-ring (bicyclic) bond motifs is 2. The van der Waals surface area contributed by atoms with E-state index in [-0.39, 0.29) is 25.0 Å². The quantitative estimate of drug-likeness (QED) is 0.428. The van der Waals surface area contributed by atoms with Crippen molar-refractivity contribution in [3.63, 3.8) is 0 Å². The van der Waals surface area contributed by atoms with Crippen LogP contribution in [0.3, 0.4) is 0 Å². The first-order valence-electron chi connectivity index (χ1n) is 13.4. The molecule has 3 aromatic rings. The number of aliphatic hydroxyl groups is 1. The van der Waals surface area contributed by atoms with Crippen molar-refractivity contribution in [3.05, 3.63) is 58.2 Å². The van der Waals surface area contributed by atoms with Crippen LogP contribution in [0.5, 0.6) is 11.5 Å². The van der Waals surface area contributed by atoms with Gasteiger partial charge in [0.25, 0.3) is 5.91 Å². The summed E-state index contributed by atoms with van der Waals surface area (Å²) in [6, 6.07) is 11.0. The molecule has 2 amide bonds. The SMILES string of the molecule is COc1cc(OC)c(NC(=O)CN2CCc3nc4ccccc4c(C(=O)N4CCN(CCO)CC4)c3C2)cc1Cl. The van der Waals surface area contributed by atoms with Gasteiger partial charge in [0.1, 0.15) is 11.5 Å². The van der Waals surface area contributed by atoms with Gasteiger partial charge in [0, 0.05) is 74.9 Å². The standard InChI is InChI=1S/C29H34ClN5O5/c1-39-25-16-26(40-2)24(15-21(25)30)32-27(37)18-34-8-7-23-20(17-34)28(19-5-3-4-6-22(19)31-23)29(38)35-11-9-33(10-12-35)13-14-36/h3-6,15-16,36H,7-14,17-18H2,1-2H3,(H,32,37). The Morgan fingerprint density at radius 2 is 1.77 bits per heavy atom. The third-order valence-corrected chi connectivity index (χ3v) is 7.83. The Hall–Kier alpha value is -3.44. The number of hydrogen-bond acceptors (Lipinski definition) is 8. The van der Waals surface area contributed by atoms with Crippen molar-refractivity contribution in [2.24, 2.45) is 0 Å². The van der Waals surface area contributed by atoms with Gasteiger partial charge in [0.05, 0.1) is 49.2 Å². The van der Waals surface area contributed by atoms with Crippen molar-refractivity contribution in [2.45, 2.75) is 13.0 Å². The van der Waals surface area contributed by atoms with Gasteiger partial charge in [-0.1, -0.05) is 29.8 Å². The van der Waals surface area contributed by atoms with E-state index in [1.807, 2.05) is 34.1 Å². The van der Waals surface area contributed by atoms with Crippen LogP contribution >= 0.6 is 11.6 Å². The number of nitrogens with one attached hydrogen (secondary N) is 1. The lowest BCUT2D eigenvalue weighted by atomic mass is 9.94. The van der Waals surface area contributed by atoms with E-state index in [0.717, 1.165) is 35.2 Å². The van der Waals surface area contributed by atoms with Crippen molar-refractivity contribution in [1.29, 1.82) is 0 Å². The van der Waals surface area contributed by atoms with Gasteiger partial charge in [0.15, 0.2) is 0 Å². The number of anilines is 1. The Kier molecular flexibility index (Phi) is 8.70. The highest BCUT2D eigenvalue weighted by atomic mass is 35.5. The highest BCUT2D eigenvalue weighted by Crippen LogP contribution is 2.36. The number of β-amino-alcohol motifs (C(OH)–C–C–N with tert-alkyl or cyclic N) is 1. The second kappa shape index (κ2) is 12.4. The lowest BCUT2D eigenvalue weighted by Gasteiger charge is -2.36. The molecule has 1 fully saturated rings. The molecule has 1 aromatic heterocycles. The summed E-state index contributed by atoms with van der Waals surface area (Å²) in [6.07, 6.45) is 0.635. The molecule has 2 aliphatic heterocycles. The van der Waals surface area contributed by atoms with Crippen molar-refractivity contribution in [2.75, 3.05) is 72.0 Å². The van der Waals surface area contributed by atoms with Crippen molar-refractivity contribution >= 4 is 40.0 Å². The highest BCUT2D eigenvalue weighted by molar-refractivity contribution is 6.32. The van der Waals surface area contributed by atoms with E-state index in [1.54, 1.807) is 12.1 Å². The minimum Gasteiger partial charge on any atom is -0.495 e. The molecule has 40 heavy (non-hydrogen) atoms. The number of carbonyl (C=O) groups excluding carboxylic acids is 2. The molecule has 0 bridgehead atoms. The molecule has 212 valence electrons. The second-order valence-electron chi connectivity index (χ2n) is 9.98. The van der Waals surface area contributed by atoms with Gasteiger partial charge in [-0.25, -0.2) is 0 Å². The van der Waals surface area contributed by atoms with Crippen LogP contribution in [0.2, 0.25) is 5.02 Å². The summed E-state index contributed by atoms with van der Waals surface area (Å²) >= 11 is 6.27. The molecule has 0 radical (unpaired) electrons. The number of carbonyl (C=O) groups is 2. The minimum absolute atomic E-state index is 0.0117. The fourth-order valence-corrected chi connectivity index (χ4v) is 5.69. The molecule has 0 aliphatic carbocycles. The van der Waals surface area contributed by atoms with Crippen LogP contribution in [-0.4, -0.2) is 103 Å². The minimum atomic E-state index is -0.218. The molecule has 2 aromatic carbocycles. The molecule has 5 rings (SSSR count). The van der Waals surface area contributed by atoms with E-state index >= 15 is 0 Å². The zero-order valence-corrected chi connectivity index (χ0v) is 23.5. The number of ether oxygens (including phenoxy) is 2. The summed E-state index contributed by atoms with van der Waals surface area (Å²) < 4.78 is 10.6. The summed E-state index contributed by atoms with van der Waals surface area (Å²) in [5, 5.41) is 13.4. The number of hydrogen-bond donors (Lipinski definition) is 2. The van der Waals surface area contributed by atoms with E-state index in [9.17, 15) is 14.7 Å². The number of aliphatic hydroxyl groups excluding tert-OH is 1. The highest BCUT2D eigenvalue weighted by Gasteiger charge is 2.30. The van der Waals surface area contributed by atoms with Crippen LogP contribution < -0.4 is 14.8 Å². The monoisotopic (exact) mass is 567 g/mol. The second-order valence-corrected chi connectivity index (χ2v) is 10.4. The Morgan fingerprint density at radius 3 is 2.50 bits per heavy atom. The van der Waals surface area contributed by atoms with Gasteiger partial charge < -0.3 is 24.8 Å². The number of pyridine rings is 1. The molecule has 2 aliphatic rings. The molecule has 0 unspecified atom stereocenters. The van der Waals surface area contributed by atoms with Crippen molar-refractivity contribution in [1.82, 2.24) is 19.7 Å². The first-order valence-corrected chi connectivity index (χ1v) is 13.8. The third kappa shape index (κ3) is 5.85. The number of amides is 2. The molecule has 0 atom stereocenters. The number of rotatable bonds is 8. The molecule has 11 heteroatoms. The lowest BCUT2D eigenvalue weighted by Crippen LogP contribution is -2.49. The van der Waals surface area contributed by atoms with Crippen LogP contribution in [0, 0.1) is 0 Å². The van der Waals surface area contributed by atoms with Crippen LogP contribution in [-0.2, 0) is 17.8 Å². The predicted octanol–water partition coefficient (Wildman–Crippen LogP) is 2.65. The van der Waals surface area contributed by atoms with E-state index in [2.05, 4.69) is 10.2 Å². The van der Waals surface area contributed by atoms with Gasteiger partial charge in [-0.2, -0.15) is 0 Å². The number of halogens is 1. The molecule has 3 heterocycles. The van der Waals surface area contributed by atoms with Gasteiger partial charge in [-0.15, -0.1) is 0 Å². The zero-order chi connectivity index (χ0) is 28.2. The topological polar surface area (TPSA) is 107 Å². The molecule has 1 saturated heterocycles. The molecular formula is C29H34ClN5O5. The number of benzene rings is 2. The van der Waals surface area contributed by atoms with Crippen LogP contribution in [0.25, 0.3) is 10.9 Å². The zero-order valence-electron chi connectivity index (χ0n) is 22.8. The fourth-order valence-electron chi connectivity index (χ4n) is 5.45. The number of piperazine rings is 1. The van der Waals surface area contributed by atoms with E-state index in [1.165, 1.54) is 14.2 Å². The van der Waals surface area contributed by atoms with Gasteiger partial charge in [0.2, 0.25) is 5.91 Å². The summed E-state index contributed by atoms with van der Waals surface area (Å²) in [4.78, 5) is 38.0. The Labute approximate surface area is 238 Å². The number of aromatic nitrogens is 1. The normalized spacial score (nSPS) is 16.1. The maximum Gasteiger partial charge on any atom is 0.255 e. The average Bonchev–Trinajstić information content (AvgIpc) is 2.96. The molecule has 2 N–H and O–H groups in total. The van der Waals surface area contributed by atoms with Gasteiger partial charge in [-0.05, 0) is 12.1 Å². The lowest BCUT2D eigenvalue weighted by molar-refractivity contribution is -0.117. The summed E-state index contributed by atoms with van der Waals surface area (Å²) in [6.45, 7) is 4.58. The number of nitrogens with zero attached hydrogens (tertiary/aromatic N) is 4. The number of methoxy groups -OCH3 is 2. The van der Waals surface area contributed by atoms with E-state index in [4.69, 9.17) is 26.1 Å². The molecule has 0 saturated carbocycles. The van der Waals surface area contributed by atoms with Crippen molar-refractivity contribution < 1.29 is 24.2 Å². The molecular weight excluding hydrogens is 534 g/mol. The maximum atomic E-state index is 14.0. The first kappa shape index (κ1) is 28.1. The van der Waals surface area contributed by atoms with Crippen LogP contribution in [0.4, 0.5) is 5.69 Å².